The summed E-state index contributed by atoms with van der Waals surface area (Å²) in [5.41, 5.74) is 2.21. The number of hydrogen-bond donors (Lipinski definition) is 1. The molecule has 1 fully saturated rings. The number of hydrogen-bond acceptors (Lipinski definition) is 5. The van der Waals surface area contributed by atoms with Crippen molar-refractivity contribution in [2.45, 2.75) is 64.5 Å². The maximum Gasteiger partial charge on any atom is 0.237 e. The Kier molecular flexibility index (Phi) is 7.14. The minimum absolute atomic E-state index is 0.114. The van der Waals surface area contributed by atoms with Gasteiger partial charge in [-0.25, -0.2) is 9.97 Å². The smallest absolute Gasteiger partial charge is 0.237 e. The van der Waals surface area contributed by atoms with Gasteiger partial charge in [-0.05, 0) is 51.5 Å². The first kappa shape index (κ1) is 22.0. The zero-order valence-electron chi connectivity index (χ0n) is 18.9. The number of rotatable bonds is 8. The van der Waals surface area contributed by atoms with E-state index in [0.29, 0.717) is 12.4 Å². The van der Waals surface area contributed by atoms with Gasteiger partial charge in [-0.2, -0.15) is 4.98 Å². The molecule has 1 aromatic carbocycles. The lowest BCUT2D eigenvalue weighted by Gasteiger charge is -2.36. The first-order valence-corrected chi connectivity index (χ1v) is 11.5. The second-order valence-corrected chi connectivity index (χ2v) is 8.68. The number of benzene rings is 1. The number of piperidine rings is 1. The van der Waals surface area contributed by atoms with E-state index in [1.807, 2.05) is 29.8 Å². The Bertz CT molecular complexity index is 1000. The Morgan fingerprint density at radius 2 is 2.06 bits per heavy atom. The third-order valence-electron chi connectivity index (χ3n) is 6.02. The van der Waals surface area contributed by atoms with Gasteiger partial charge in [0, 0.05) is 49.2 Å². The number of nitrogens with zero attached hydrogens (tertiary/aromatic N) is 5. The molecule has 4 rings (SSSR count). The Morgan fingerprint density at radius 1 is 1.22 bits per heavy atom. The highest BCUT2D eigenvalue weighted by atomic mass is 16.1. The second kappa shape index (κ2) is 10.4. The quantitative estimate of drug-likeness (QED) is 0.585. The predicted octanol–water partition coefficient (Wildman–Crippen LogP) is 3.86. The molecule has 0 bridgehead atoms. The Hall–Kier alpha value is -3.22. The fourth-order valence-electron chi connectivity index (χ4n) is 4.34. The normalized spacial score (nSPS) is 17.2. The van der Waals surface area contributed by atoms with E-state index in [9.17, 15) is 4.79 Å². The van der Waals surface area contributed by atoms with Crippen LogP contribution >= 0.6 is 0 Å². The first-order chi connectivity index (χ1) is 15.6. The van der Waals surface area contributed by atoms with Crippen LogP contribution in [0.2, 0.25) is 0 Å². The van der Waals surface area contributed by atoms with Crippen LogP contribution in [0.3, 0.4) is 0 Å². The fourth-order valence-corrected chi connectivity index (χ4v) is 4.34. The van der Waals surface area contributed by atoms with Gasteiger partial charge in [0.15, 0.2) is 0 Å². The van der Waals surface area contributed by atoms with Crippen LogP contribution in [0.4, 0.5) is 5.82 Å². The fraction of sp³-hybridized carbons (Fsp3) is 0.440. The van der Waals surface area contributed by atoms with Gasteiger partial charge in [-0.1, -0.05) is 30.3 Å². The van der Waals surface area contributed by atoms with Crippen LogP contribution in [-0.4, -0.2) is 44.1 Å². The summed E-state index contributed by atoms with van der Waals surface area (Å²) in [6.07, 6.45) is 10.9. The molecule has 168 valence electrons. The summed E-state index contributed by atoms with van der Waals surface area (Å²) in [5.74, 6) is 1.61. The van der Waals surface area contributed by atoms with E-state index in [0.717, 1.165) is 50.2 Å². The third-order valence-corrected chi connectivity index (χ3v) is 6.02. The van der Waals surface area contributed by atoms with Crippen molar-refractivity contribution in [1.29, 1.82) is 0 Å². The van der Waals surface area contributed by atoms with Crippen molar-refractivity contribution in [3.05, 3.63) is 66.4 Å². The van der Waals surface area contributed by atoms with Crippen molar-refractivity contribution in [2.75, 3.05) is 11.4 Å². The van der Waals surface area contributed by atoms with Crippen molar-refractivity contribution >= 4 is 11.7 Å². The maximum atomic E-state index is 12.8. The van der Waals surface area contributed by atoms with Crippen LogP contribution in [-0.2, 0) is 11.2 Å². The van der Waals surface area contributed by atoms with Gasteiger partial charge in [-0.3, -0.25) is 9.36 Å². The first-order valence-electron chi connectivity index (χ1n) is 11.5. The molecule has 7 heteroatoms. The summed E-state index contributed by atoms with van der Waals surface area (Å²) < 4.78 is 1.82. The van der Waals surface area contributed by atoms with Crippen LogP contribution < -0.4 is 10.2 Å². The van der Waals surface area contributed by atoms with Gasteiger partial charge < -0.3 is 10.2 Å². The maximum absolute atomic E-state index is 12.8. The monoisotopic (exact) mass is 432 g/mol. The van der Waals surface area contributed by atoms with E-state index in [4.69, 9.17) is 4.98 Å². The highest BCUT2D eigenvalue weighted by Gasteiger charge is 2.27. The summed E-state index contributed by atoms with van der Waals surface area (Å²) in [7, 11) is 0. The van der Waals surface area contributed by atoms with Crippen LogP contribution in [0.5, 0.6) is 0 Å². The van der Waals surface area contributed by atoms with Crippen LogP contribution in [0, 0.1) is 6.92 Å². The largest absolute Gasteiger partial charge is 0.354 e. The molecule has 3 heterocycles. The molecule has 0 saturated carbocycles. The molecule has 2 atom stereocenters. The molecule has 1 saturated heterocycles. The number of nitrogens with one attached hydrogen (secondary N) is 1. The van der Waals surface area contributed by atoms with Gasteiger partial charge in [0.05, 0.1) is 0 Å². The molecule has 32 heavy (non-hydrogen) atoms. The molecule has 1 aliphatic rings. The number of aromatic nitrogens is 4. The Morgan fingerprint density at radius 3 is 2.84 bits per heavy atom. The van der Waals surface area contributed by atoms with Gasteiger partial charge >= 0.3 is 0 Å². The molecular weight excluding hydrogens is 400 g/mol. The lowest BCUT2D eigenvalue weighted by Crippen LogP contribution is -2.44. The Labute approximate surface area is 189 Å². The third kappa shape index (κ3) is 5.72. The summed E-state index contributed by atoms with van der Waals surface area (Å²) in [6.45, 7) is 4.97. The van der Waals surface area contributed by atoms with Crippen molar-refractivity contribution in [2.24, 2.45) is 0 Å². The SMILES string of the molecule is Cc1cc(N2CCCCC2CC(=O)NC(C)CCc2ccccc2)nc(-n2ccnc2)n1. The zero-order chi connectivity index (χ0) is 22.3. The van der Waals surface area contributed by atoms with Gasteiger partial charge in [0.1, 0.15) is 12.1 Å². The highest BCUT2D eigenvalue weighted by molar-refractivity contribution is 5.77. The number of anilines is 1. The van der Waals surface area contributed by atoms with Gasteiger partial charge in [-0.15, -0.1) is 0 Å². The molecule has 1 amide bonds. The molecule has 3 aromatic rings. The van der Waals surface area contributed by atoms with Gasteiger partial charge in [0.2, 0.25) is 11.9 Å². The molecule has 1 N–H and O–H groups in total. The highest BCUT2D eigenvalue weighted by Crippen LogP contribution is 2.26. The molecule has 0 radical (unpaired) electrons. The van der Waals surface area contributed by atoms with Crippen LogP contribution in [0.1, 0.15) is 50.3 Å². The van der Waals surface area contributed by atoms with E-state index in [2.05, 4.69) is 51.4 Å². The molecular formula is C25H32N6O. The molecule has 2 aromatic heterocycles. The van der Waals surface area contributed by atoms with Crippen LogP contribution in [0.15, 0.2) is 55.1 Å². The van der Waals surface area contributed by atoms with E-state index in [1.165, 1.54) is 5.56 Å². The lowest BCUT2D eigenvalue weighted by atomic mass is 9.98. The number of carbonyl (C=O) groups excluding carboxylic acids is 1. The number of amides is 1. The molecule has 0 spiro atoms. The zero-order valence-corrected chi connectivity index (χ0v) is 18.9. The Balaban J connectivity index is 1.39. The predicted molar refractivity (Wildman–Crippen MR) is 126 cm³/mol. The average Bonchev–Trinajstić information content (AvgIpc) is 3.33. The van der Waals surface area contributed by atoms with Gasteiger partial charge in [0.25, 0.3) is 0 Å². The summed E-state index contributed by atoms with van der Waals surface area (Å²) >= 11 is 0. The molecule has 1 aliphatic heterocycles. The second-order valence-electron chi connectivity index (χ2n) is 8.68. The van der Waals surface area contributed by atoms with E-state index < -0.39 is 0 Å². The van der Waals surface area contributed by atoms with Crippen molar-refractivity contribution in [1.82, 2.24) is 24.8 Å². The summed E-state index contributed by atoms with van der Waals surface area (Å²) in [5, 5.41) is 3.20. The van der Waals surface area contributed by atoms with Crippen molar-refractivity contribution in [3.8, 4) is 5.95 Å². The summed E-state index contributed by atoms with van der Waals surface area (Å²) in [4.78, 5) is 28.6. The number of imidazole rings is 1. The number of carbonyl (C=O) groups is 1. The standard InChI is InChI=1S/C25H32N6O/c1-19(11-12-21-8-4-3-5-9-21)27-24(32)17-22-10-6-7-14-31(22)23-16-20(2)28-25(29-23)30-15-13-26-18-30/h3-5,8-9,13,15-16,18-19,22H,6-7,10-12,14,17H2,1-2H3,(H,27,32). The van der Waals surface area contributed by atoms with E-state index in [-0.39, 0.29) is 18.0 Å². The minimum Gasteiger partial charge on any atom is -0.354 e. The number of aryl methyl sites for hydroxylation is 2. The minimum atomic E-state index is 0.114. The molecule has 0 aliphatic carbocycles. The van der Waals surface area contributed by atoms with Crippen molar-refractivity contribution in [3.63, 3.8) is 0 Å². The molecule has 2 unspecified atom stereocenters. The van der Waals surface area contributed by atoms with Crippen molar-refractivity contribution < 1.29 is 4.79 Å². The molecule has 7 nitrogen and oxygen atoms in total. The van der Waals surface area contributed by atoms with Crippen LogP contribution in [0.25, 0.3) is 5.95 Å². The topological polar surface area (TPSA) is 75.9 Å². The lowest BCUT2D eigenvalue weighted by molar-refractivity contribution is -0.122. The van der Waals surface area contributed by atoms with E-state index >= 15 is 0 Å². The average molecular weight is 433 g/mol. The van der Waals surface area contributed by atoms with E-state index in [1.54, 1.807) is 12.5 Å². The summed E-state index contributed by atoms with van der Waals surface area (Å²) in [6, 6.07) is 12.7.